The summed E-state index contributed by atoms with van der Waals surface area (Å²) in [6.45, 7) is 16.0. The Labute approximate surface area is 215 Å². The van der Waals surface area contributed by atoms with Gasteiger partial charge in [0.2, 0.25) is 0 Å². The molecule has 0 radical (unpaired) electrons. The molecule has 4 aromatic rings. The van der Waals surface area contributed by atoms with Gasteiger partial charge in [0.25, 0.3) is 0 Å². The number of hydrogen-bond acceptors (Lipinski definition) is 5. The van der Waals surface area contributed by atoms with Crippen molar-refractivity contribution in [2.24, 2.45) is 0 Å². The van der Waals surface area contributed by atoms with E-state index in [-0.39, 0.29) is 0 Å². The summed E-state index contributed by atoms with van der Waals surface area (Å²) < 4.78 is 1.88. The minimum atomic E-state index is 0.333. The SMILES string of the molecule is C=C(Cc1ccc(C)c(O)c1)N(C)CCCNc1cc(-c2ccccc2C)nc2c(C)cnn12.CC. The number of phenols is 1. The third kappa shape index (κ3) is 6.25. The number of nitrogens with one attached hydrogen (secondary N) is 1. The number of aromatic hydroxyl groups is 1. The first-order valence-corrected chi connectivity index (χ1v) is 12.7. The van der Waals surface area contributed by atoms with Gasteiger partial charge in [-0.25, -0.2) is 4.98 Å². The molecule has 0 aliphatic rings. The van der Waals surface area contributed by atoms with Crippen LogP contribution in [0.4, 0.5) is 5.82 Å². The zero-order chi connectivity index (χ0) is 26.2. The summed E-state index contributed by atoms with van der Waals surface area (Å²) in [4.78, 5) is 7.06. The number of rotatable bonds is 9. The van der Waals surface area contributed by atoms with Crippen molar-refractivity contribution in [1.29, 1.82) is 0 Å². The van der Waals surface area contributed by atoms with Crippen molar-refractivity contribution < 1.29 is 5.11 Å². The van der Waals surface area contributed by atoms with Gasteiger partial charge in [0.05, 0.1) is 11.9 Å². The number of anilines is 1. The molecule has 0 bridgehead atoms. The number of hydrogen-bond donors (Lipinski definition) is 2. The monoisotopic (exact) mass is 485 g/mol. The molecule has 0 unspecified atom stereocenters. The average Bonchev–Trinajstić information content (AvgIpc) is 3.26. The summed E-state index contributed by atoms with van der Waals surface area (Å²) in [5.74, 6) is 1.27. The first kappa shape index (κ1) is 26.8. The predicted molar refractivity (Wildman–Crippen MR) is 151 cm³/mol. The number of fused-ring (bicyclic) bond motifs is 1. The summed E-state index contributed by atoms with van der Waals surface area (Å²) in [5.41, 5.74) is 8.18. The second kappa shape index (κ2) is 12.2. The van der Waals surface area contributed by atoms with Crippen LogP contribution in [-0.4, -0.2) is 44.7 Å². The van der Waals surface area contributed by atoms with E-state index in [9.17, 15) is 5.11 Å². The molecular weight excluding hydrogens is 446 g/mol. The van der Waals surface area contributed by atoms with Gasteiger partial charge in [-0.15, -0.1) is 0 Å². The van der Waals surface area contributed by atoms with E-state index in [0.717, 1.165) is 71.0 Å². The van der Waals surface area contributed by atoms with Crippen LogP contribution in [0.3, 0.4) is 0 Å². The molecule has 6 heteroatoms. The first-order chi connectivity index (χ1) is 17.3. The van der Waals surface area contributed by atoms with Crippen LogP contribution in [0.2, 0.25) is 0 Å². The number of likely N-dealkylation sites (N-methyl/N-ethyl adjacent to an activating group) is 1. The minimum absolute atomic E-state index is 0.333. The molecule has 0 atom stereocenters. The molecule has 4 rings (SSSR count). The lowest BCUT2D eigenvalue weighted by molar-refractivity contribution is 0.406. The zero-order valence-electron chi connectivity index (χ0n) is 22.5. The topological polar surface area (TPSA) is 65.7 Å². The first-order valence-electron chi connectivity index (χ1n) is 12.7. The molecule has 6 nitrogen and oxygen atoms in total. The Kier molecular flexibility index (Phi) is 9.12. The molecule has 2 N–H and O–H groups in total. The van der Waals surface area contributed by atoms with Crippen LogP contribution in [-0.2, 0) is 6.42 Å². The molecule has 190 valence electrons. The molecule has 0 aliphatic heterocycles. The summed E-state index contributed by atoms with van der Waals surface area (Å²) in [5, 5.41) is 18.0. The fourth-order valence-corrected chi connectivity index (χ4v) is 4.02. The van der Waals surface area contributed by atoms with Crippen LogP contribution in [0.25, 0.3) is 16.9 Å². The lowest BCUT2D eigenvalue weighted by Crippen LogP contribution is -2.22. The normalized spacial score (nSPS) is 10.6. The van der Waals surface area contributed by atoms with Crippen LogP contribution in [0.5, 0.6) is 5.75 Å². The molecule has 0 saturated heterocycles. The van der Waals surface area contributed by atoms with E-state index in [1.807, 2.05) is 68.7 Å². The van der Waals surface area contributed by atoms with Crippen molar-refractivity contribution in [3.05, 3.63) is 89.3 Å². The molecule has 2 aromatic heterocycles. The Balaban J connectivity index is 0.00000176. The Morgan fingerprint density at radius 1 is 1.03 bits per heavy atom. The van der Waals surface area contributed by atoms with Crippen LogP contribution in [0, 0.1) is 20.8 Å². The third-order valence-corrected chi connectivity index (χ3v) is 6.27. The lowest BCUT2D eigenvalue weighted by Gasteiger charge is -2.22. The highest BCUT2D eigenvalue weighted by atomic mass is 16.3. The summed E-state index contributed by atoms with van der Waals surface area (Å²) in [6.07, 6.45) is 3.52. The second-order valence-corrected chi connectivity index (χ2v) is 8.97. The van der Waals surface area contributed by atoms with Gasteiger partial charge < -0.3 is 15.3 Å². The van der Waals surface area contributed by atoms with Crippen LogP contribution >= 0.6 is 0 Å². The van der Waals surface area contributed by atoms with Crippen molar-refractivity contribution in [2.45, 2.75) is 47.5 Å². The summed E-state index contributed by atoms with van der Waals surface area (Å²) in [6, 6.07) is 16.2. The van der Waals surface area contributed by atoms with Gasteiger partial charge in [-0.05, 0) is 49.9 Å². The maximum atomic E-state index is 9.95. The third-order valence-electron chi connectivity index (χ3n) is 6.27. The highest BCUT2D eigenvalue weighted by Crippen LogP contribution is 2.26. The molecule has 0 spiro atoms. The van der Waals surface area contributed by atoms with Gasteiger partial charge in [-0.1, -0.05) is 56.8 Å². The summed E-state index contributed by atoms with van der Waals surface area (Å²) >= 11 is 0. The highest BCUT2D eigenvalue weighted by Gasteiger charge is 2.12. The molecule has 2 heterocycles. The quantitative estimate of drug-likeness (QED) is 0.263. The highest BCUT2D eigenvalue weighted by molar-refractivity contribution is 5.70. The van der Waals surface area contributed by atoms with Crippen molar-refractivity contribution in [3.8, 4) is 17.0 Å². The molecule has 0 saturated carbocycles. The number of phenolic OH excluding ortho intramolecular Hbond substituents is 1. The van der Waals surface area contributed by atoms with E-state index >= 15 is 0 Å². The Bertz CT molecular complexity index is 1320. The van der Waals surface area contributed by atoms with E-state index in [2.05, 4.69) is 54.1 Å². The van der Waals surface area contributed by atoms with E-state index in [1.54, 1.807) is 0 Å². The van der Waals surface area contributed by atoms with Gasteiger partial charge in [-0.2, -0.15) is 9.61 Å². The molecule has 0 fully saturated rings. The van der Waals surface area contributed by atoms with Crippen LogP contribution in [0.15, 0.2) is 67.0 Å². The van der Waals surface area contributed by atoms with Gasteiger partial charge >= 0.3 is 0 Å². The van der Waals surface area contributed by atoms with Crippen molar-refractivity contribution in [2.75, 3.05) is 25.5 Å². The number of nitrogens with zero attached hydrogens (tertiary/aromatic N) is 4. The van der Waals surface area contributed by atoms with Crippen molar-refractivity contribution >= 4 is 11.5 Å². The van der Waals surface area contributed by atoms with Crippen molar-refractivity contribution in [3.63, 3.8) is 0 Å². The van der Waals surface area contributed by atoms with Gasteiger partial charge in [0, 0.05) is 49.4 Å². The van der Waals surface area contributed by atoms with E-state index < -0.39 is 0 Å². The predicted octanol–water partition coefficient (Wildman–Crippen LogP) is 6.54. The smallest absolute Gasteiger partial charge is 0.160 e. The van der Waals surface area contributed by atoms with E-state index in [4.69, 9.17) is 4.98 Å². The lowest BCUT2D eigenvalue weighted by atomic mass is 10.1. The number of aromatic nitrogens is 3. The molecule has 0 aliphatic carbocycles. The second-order valence-electron chi connectivity index (χ2n) is 8.97. The van der Waals surface area contributed by atoms with Crippen molar-refractivity contribution in [1.82, 2.24) is 19.5 Å². The van der Waals surface area contributed by atoms with Crippen LogP contribution < -0.4 is 5.32 Å². The molecule has 2 aromatic carbocycles. The van der Waals surface area contributed by atoms with Gasteiger partial charge in [0.15, 0.2) is 5.65 Å². The van der Waals surface area contributed by atoms with Gasteiger partial charge in [0.1, 0.15) is 11.6 Å². The maximum Gasteiger partial charge on any atom is 0.160 e. The zero-order valence-corrected chi connectivity index (χ0v) is 22.5. The van der Waals surface area contributed by atoms with E-state index in [1.165, 1.54) is 5.56 Å². The Hall–Kier alpha value is -3.80. The fraction of sp³-hybridized carbons (Fsp3) is 0.333. The number of benzene rings is 2. The fourth-order valence-electron chi connectivity index (χ4n) is 4.02. The largest absolute Gasteiger partial charge is 0.508 e. The number of aryl methyl sites for hydroxylation is 3. The Morgan fingerprint density at radius 3 is 2.50 bits per heavy atom. The van der Waals surface area contributed by atoms with Gasteiger partial charge in [-0.3, -0.25) is 0 Å². The average molecular weight is 486 g/mol. The molecule has 36 heavy (non-hydrogen) atoms. The van der Waals surface area contributed by atoms with E-state index in [0.29, 0.717) is 5.75 Å². The molecular formula is C30H39N5O. The molecule has 0 amide bonds. The number of allylic oxidation sites excluding steroid dienone is 1. The summed E-state index contributed by atoms with van der Waals surface area (Å²) in [7, 11) is 2.06. The standard InChI is InChI=1S/C28H33N5O.C2H6/c1-19-9-6-7-10-24(19)25-17-27(33-28(31-25)21(3)18-30-33)29-13-8-14-32(5)22(4)15-23-12-11-20(2)26(34)16-23;1-2/h6-7,9-12,16-18,29,34H,4,8,13-15H2,1-3,5H3;1-2H3. The van der Waals surface area contributed by atoms with Crippen LogP contribution in [0.1, 0.15) is 42.5 Å². The maximum absolute atomic E-state index is 9.95. The Morgan fingerprint density at radius 2 is 1.78 bits per heavy atom. The minimum Gasteiger partial charge on any atom is -0.508 e.